The van der Waals surface area contributed by atoms with E-state index in [1.54, 1.807) is 18.2 Å². The molecule has 112 valence electrons. The van der Waals surface area contributed by atoms with Crippen LogP contribution in [0.25, 0.3) is 0 Å². The molecule has 1 atom stereocenters. The van der Waals surface area contributed by atoms with Gasteiger partial charge in [-0.15, -0.1) is 0 Å². The summed E-state index contributed by atoms with van der Waals surface area (Å²) in [5.74, 6) is 0.808. The predicted octanol–water partition coefficient (Wildman–Crippen LogP) is 2.68. The molecule has 2 rings (SSSR count). The third-order valence-electron chi connectivity index (χ3n) is 3.14. The number of nitrogens with one attached hydrogen (secondary N) is 1. The Balaban J connectivity index is 2.03. The van der Waals surface area contributed by atoms with E-state index in [2.05, 4.69) is 22.4 Å². The Morgan fingerprint density at radius 1 is 1.48 bits per heavy atom. The molecular weight excluding hydrogens is 268 g/mol. The average Bonchev–Trinajstić information content (AvgIpc) is 2.94. The first-order valence-electron chi connectivity index (χ1n) is 7.09. The second-order valence-electron chi connectivity index (χ2n) is 4.96. The zero-order chi connectivity index (χ0) is 15.2. The number of benzene rings is 1. The van der Waals surface area contributed by atoms with Gasteiger partial charge in [-0.1, -0.05) is 24.6 Å². The molecule has 6 heteroatoms. The fourth-order valence-electron chi connectivity index (χ4n) is 1.95. The monoisotopic (exact) mass is 288 g/mol. The van der Waals surface area contributed by atoms with Crippen LogP contribution in [-0.4, -0.2) is 16.0 Å². The molecule has 0 aliphatic rings. The largest absolute Gasteiger partial charge is 0.374 e. The van der Waals surface area contributed by atoms with Gasteiger partial charge in [0.1, 0.15) is 6.04 Å². The number of carbonyl (C=O) groups excluding carboxylic acids is 1. The first-order chi connectivity index (χ1) is 10.1. The van der Waals surface area contributed by atoms with E-state index in [-0.39, 0.29) is 6.04 Å². The number of anilines is 1. The molecular formula is C15H20N4O2. The number of nitrogens with zero attached hydrogens (tertiary/aromatic N) is 2. The summed E-state index contributed by atoms with van der Waals surface area (Å²) in [6.07, 6.45) is 2.96. The van der Waals surface area contributed by atoms with Gasteiger partial charge >= 0.3 is 0 Å². The van der Waals surface area contributed by atoms with Gasteiger partial charge in [0.15, 0.2) is 5.82 Å². The highest BCUT2D eigenvalue weighted by Crippen LogP contribution is 2.19. The van der Waals surface area contributed by atoms with Gasteiger partial charge in [-0.2, -0.15) is 4.98 Å². The molecule has 21 heavy (non-hydrogen) atoms. The van der Waals surface area contributed by atoms with Crippen molar-refractivity contribution in [3.8, 4) is 0 Å². The van der Waals surface area contributed by atoms with E-state index in [4.69, 9.17) is 10.3 Å². The van der Waals surface area contributed by atoms with E-state index in [1.807, 2.05) is 13.0 Å². The SMILES string of the molecule is CCCCc1noc([C@@H](C)Nc2cccc(C(N)=O)c2)n1. The van der Waals surface area contributed by atoms with Gasteiger partial charge in [-0.05, 0) is 31.5 Å². The third-order valence-corrected chi connectivity index (χ3v) is 3.14. The van der Waals surface area contributed by atoms with Crippen LogP contribution in [0.4, 0.5) is 5.69 Å². The number of aryl methyl sites for hydroxylation is 1. The molecule has 2 aromatic rings. The molecule has 0 aliphatic heterocycles. The standard InChI is InChI=1S/C15H20N4O2/c1-3-4-8-13-18-15(21-19-13)10(2)17-12-7-5-6-11(9-12)14(16)20/h5-7,9-10,17H,3-4,8H2,1-2H3,(H2,16,20)/t10-/m1/s1. The molecule has 0 saturated carbocycles. The summed E-state index contributed by atoms with van der Waals surface area (Å²) in [6, 6.07) is 6.87. The summed E-state index contributed by atoms with van der Waals surface area (Å²) in [5, 5.41) is 7.18. The van der Waals surface area contributed by atoms with Gasteiger partial charge in [0.2, 0.25) is 11.8 Å². The molecule has 0 radical (unpaired) electrons. The highest BCUT2D eigenvalue weighted by molar-refractivity contribution is 5.93. The van der Waals surface area contributed by atoms with Crippen LogP contribution in [0.2, 0.25) is 0 Å². The van der Waals surface area contributed by atoms with Gasteiger partial charge in [0.05, 0.1) is 0 Å². The lowest BCUT2D eigenvalue weighted by Crippen LogP contribution is -2.12. The number of nitrogens with two attached hydrogens (primary N) is 1. The molecule has 1 amide bonds. The van der Waals surface area contributed by atoms with Crippen LogP contribution in [0.1, 0.15) is 54.8 Å². The maximum Gasteiger partial charge on any atom is 0.248 e. The first kappa shape index (κ1) is 15.0. The lowest BCUT2D eigenvalue weighted by Gasteiger charge is -2.11. The number of unbranched alkanes of at least 4 members (excludes halogenated alkanes) is 1. The fraction of sp³-hybridized carbons (Fsp3) is 0.400. The van der Waals surface area contributed by atoms with Crippen molar-refractivity contribution in [1.82, 2.24) is 10.1 Å². The summed E-state index contributed by atoms with van der Waals surface area (Å²) in [5.41, 5.74) is 6.51. The van der Waals surface area contributed by atoms with Crippen LogP contribution in [0.5, 0.6) is 0 Å². The van der Waals surface area contributed by atoms with Crippen molar-refractivity contribution in [3.63, 3.8) is 0 Å². The molecule has 0 bridgehead atoms. The highest BCUT2D eigenvalue weighted by atomic mass is 16.5. The summed E-state index contributed by atoms with van der Waals surface area (Å²) in [4.78, 5) is 15.5. The van der Waals surface area contributed by atoms with Crippen LogP contribution in [0.3, 0.4) is 0 Å². The number of rotatable bonds is 7. The van der Waals surface area contributed by atoms with E-state index < -0.39 is 5.91 Å². The van der Waals surface area contributed by atoms with Crippen LogP contribution in [0.15, 0.2) is 28.8 Å². The minimum absolute atomic E-state index is 0.143. The number of amides is 1. The summed E-state index contributed by atoms with van der Waals surface area (Å²) >= 11 is 0. The smallest absolute Gasteiger partial charge is 0.248 e. The number of primary amides is 1. The summed E-state index contributed by atoms with van der Waals surface area (Å²) < 4.78 is 5.26. The second kappa shape index (κ2) is 6.88. The molecule has 0 aliphatic carbocycles. The Labute approximate surface area is 123 Å². The van der Waals surface area contributed by atoms with Crippen molar-refractivity contribution >= 4 is 11.6 Å². The van der Waals surface area contributed by atoms with Crippen LogP contribution < -0.4 is 11.1 Å². The molecule has 0 spiro atoms. The Morgan fingerprint density at radius 3 is 3.00 bits per heavy atom. The van der Waals surface area contributed by atoms with E-state index >= 15 is 0 Å². The van der Waals surface area contributed by atoms with Crippen molar-refractivity contribution < 1.29 is 9.32 Å². The Kier molecular flexibility index (Phi) is 4.92. The maximum absolute atomic E-state index is 11.2. The summed E-state index contributed by atoms with van der Waals surface area (Å²) in [7, 11) is 0. The molecule has 3 N–H and O–H groups in total. The summed E-state index contributed by atoms with van der Waals surface area (Å²) in [6.45, 7) is 4.05. The molecule has 0 fully saturated rings. The second-order valence-corrected chi connectivity index (χ2v) is 4.96. The minimum Gasteiger partial charge on any atom is -0.374 e. The third kappa shape index (κ3) is 4.05. The average molecular weight is 288 g/mol. The van der Waals surface area contributed by atoms with Crippen molar-refractivity contribution in [1.29, 1.82) is 0 Å². The lowest BCUT2D eigenvalue weighted by molar-refractivity contribution is 0.100. The first-order valence-corrected chi connectivity index (χ1v) is 7.09. The van der Waals surface area contributed by atoms with Crippen LogP contribution in [-0.2, 0) is 6.42 Å². The lowest BCUT2D eigenvalue weighted by atomic mass is 10.2. The Morgan fingerprint density at radius 2 is 2.29 bits per heavy atom. The Hall–Kier alpha value is -2.37. The van der Waals surface area contributed by atoms with Gasteiger partial charge in [-0.3, -0.25) is 4.79 Å². The number of hydrogen-bond acceptors (Lipinski definition) is 5. The van der Waals surface area contributed by atoms with Crippen LogP contribution >= 0.6 is 0 Å². The number of hydrogen-bond donors (Lipinski definition) is 2. The number of aromatic nitrogens is 2. The zero-order valence-corrected chi connectivity index (χ0v) is 12.3. The van der Waals surface area contributed by atoms with E-state index in [9.17, 15) is 4.79 Å². The normalized spacial score (nSPS) is 12.1. The molecule has 1 aromatic carbocycles. The molecule has 6 nitrogen and oxygen atoms in total. The molecule has 1 aromatic heterocycles. The van der Waals surface area contributed by atoms with Gasteiger partial charge in [-0.25, -0.2) is 0 Å². The maximum atomic E-state index is 11.2. The Bertz CT molecular complexity index is 609. The molecule has 0 unspecified atom stereocenters. The van der Waals surface area contributed by atoms with Gasteiger partial charge in [0.25, 0.3) is 0 Å². The highest BCUT2D eigenvalue weighted by Gasteiger charge is 2.14. The molecule has 1 heterocycles. The topological polar surface area (TPSA) is 94.0 Å². The van der Waals surface area contributed by atoms with Crippen LogP contribution in [0, 0.1) is 0 Å². The van der Waals surface area contributed by atoms with Crippen molar-refractivity contribution in [2.24, 2.45) is 5.73 Å². The van der Waals surface area contributed by atoms with Crippen molar-refractivity contribution in [2.45, 2.75) is 39.2 Å². The predicted molar refractivity (Wildman–Crippen MR) is 79.9 cm³/mol. The fourth-order valence-corrected chi connectivity index (χ4v) is 1.95. The minimum atomic E-state index is -0.453. The quantitative estimate of drug-likeness (QED) is 0.816. The van der Waals surface area contributed by atoms with E-state index in [1.165, 1.54) is 0 Å². The van der Waals surface area contributed by atoms with E-state index in [0.717, 1.165) is 30.8 Å². The number of carbonyl (C=O) groups is 1. The van der Waals surface area contributed by atoms with Crippen molar-refractivity contribution in [2.75, 3.05) is 5.32 Å². The molecule has 0 saturated heterocycles. The van der Waals surface area contributed by atoms with Gasteiger partial charge < -0.3 is 15.6 Å². The van der Waals surface area contributed by atoms with E-state index in [0.29, 0.717) is 11.5 Å². The van der Waals surface area contributed by atoms with Crippen molar-refractivity contribution in [3.05, 3.63) is 41.5 Å². The van der Waals surface area contributed by atoms with Gasteiger partial charge in [0, 0.05) is 17.7 Å². The zero-order valence-electron chi connectivity index (χ0n) is 12.3.